The van der Waals surface area contributed by atoms with Gasteiger partial charge in [0.1, 0.15) is 0 Å². The van der Waals surface area contributed by atoms with E-state index in [0.29, 0.717) is 24.2 Å². The summed E-state index contributed by atoms with van der Waals surface area (Å²) in [6.45, 7) is 11.3. The fraction of sp³-hybridized carbons (Fsp3) is 0.500. The van der Waals surface area contributed by atoms with E-state index >= 15 is 0 Å². The molecule has 4 atom stereocenters. The summed E-state index contributed by atoms with van der Waals surface area (Å²) in [6, 6.07) is 38.3. The van der Waals surface area contributed by atoms with E-state index in [4.69, 9.17) is 0 Å². The van der Waals surface area contributed by atoms with E-state index in [9.17, 15) is 0 Å². The number of unbranched alkanes of at least 4 members (excludes halogenated alkanes) is 1. The average molecular weight is 725 g/mol. The van der Waals surface area contributed by atoms with Crippen molar-refractivity contribution >= 4 is 0 Å². The zero-order valence-electron chi connectivity index (χ0n) is 32.6. The highest BCUT2D eigenvalue weighted by Crippen LogP contribution is 2.30. The third-order valence-electron chi connectivity index (χ3n) is 13.0. The molecule has 0 aliphatic carbocycles. The van der Waals surface area contributed by atoms with Crippen molar-refractivity contribution in [2.45, 2.75) is 88.4 Å². The Morgan fingerprint density at radius 3 is 0.889 bits per heavy atom. The first kappa shape index (κ1) is 37.6. The highest BCUT2D eigenvalue weighted by molar-refractivity contribution is 5.35. The van der Waals surface area contributed by atoms with Crippen LogP contribution in [-0.2, 0) is 25.7 Å². The van der Waals surface area contributed by atoms with Gasteiger partial charge >= 0.3 is 0 Å². The second kappa shape index (κ2) is 19.0. The maximum Gasteiger partial charge on any atom is 0.0335 e. The first-order valence-electron chi connectivity index (χ1n) is 21.5. The van der Waals surface area contributed by atoms with E-state index in [0.717, 1.165) is 78.0 Å². The lowest BCUT2D eigenvalue weighted by atomic mass is 9.91. The molecule has 4 aliphatic heterocycles. The van der Waals surface area contributed by atoms with Crippen molar-refractivity contribution in [1.82, 2.24) is 31.1 Å². The molecule has 286 valence electrons. The third kappa shape index (κ3) is 9.53. The molecule has 4 aliphatic rings. The lowest BCUT2D eigenvalue weighted by Gasteiger charge is -2.33. The van der Waals surface area contributed by atoms with E-state index in [1.54, 1.807) is 0 Å². The summed E-state index contributed by atoms with van der Waals surface area (Å²) in [7, 11) is 0. The molecule has 0 radical (unpaired) electrons. The van der Waals surface area contributed by atoms with Crippen molar-refractivity contribution in [3.05, 3.63) is 142 Å². The van der Waals surface area contributed by atoms with Crippen molar-refractivity contribution in [3.63, 3.8) is 0 Å². The van der Waals surface area contributed by atoms with Gasteiger partial charge in [0, 0.05) is 24.2 Å². The molecule has 0 spiro atoms. The Morgan fingerprint density at radius 2 is 0.611 bits per heavy atom. The standard InChI is InChI=1S/C48H64N6/c1-5-15-41-37(11-1)19-27-49-45(41)23-33-53(34-24-46-42-16-6-2-12-38(42)20-28-50-46)31-9-10-32-54(35-25-47-43-17-7-3-13-39(43)21-29-51-47)36-26-48-44-18-8-4-14-40(44)22-30-52-48/h1-8,11-18,45-52H,9-10,19-36H2. The van der Waals surface area contributed by atoms with E-state index in [-0.39, 0.29) is 0 Å². The van der Waals surface area contributed by atoms with Crippen LogP contribution in [0.2, 0.25) is 0 Å². The zero-order valence-corrected chi connectivity index (χ0v) is 32.6. The lowest BCUT2D eigenvalue weighted by Crippen LogP contribution is -2.37. The SMILES string of the molecule is c1ccc2c(c1)CCNC2CCN(CCCCN(CCC1NCCc2ccccc21)CCC1NCCc2ccccc21)CCC1NCCc2ccccc21. The predicted molar refractivity (Wildman–Crippen MR) is 224 cm³/mol. The predicted octanol–water partition coefficient (Wildman–Crippen LogP) is 7.48. The second-order valence-corrected chi connectivity index (χ2v) is 16.4. The van der Waals surface area contributed by atoms with Crippen molar-refractivity contribution in [1.29, 1.82) is 0 Å². The van der Waals surface area contributed by atoms with Crippen molar-refractivity contribution in [2.24, 2.45) is 0 Å². The van der Waals surface area contributed by atoms with Gasteiger partial charge in [0.15, 0.2) is 0 Å². The number of nitrogens with one attached hydrogen (secondary N) is 4. The normalized spacial score (nSPS) is 22.0. The minimum Gasteiger partial charge on any atom is -0.310 e. The van der Waals surface area contributed by atoms with Crippen molar-refractivity contribution < 1.29 is 0 Å². The first-order valence-corrected chi connectivity index (χ1v) is 21.5. The third-order valence-corrected chi connectivity index (χ3v) is 13.0. The minimum atomic E-state index is 0.457. The lowest BCUT2D eigenvalue weighted by molar-refractivity contribution is 0.213. The molecule has 8 rings (SSSR count). The molecular weight excluding hydrogens is 661 g/mol. The van der Waals surface area contributed by atoms with Gasteiger partial charge in [-0.1, -0.05) is 97.1 Å². The molecule has 0 fully saturated rings. The maximum atomic E-state index is 3.87. The fourth-order valence-corrected chi connectivity index (χ4v) is 9.99. The van der Waals surface area contributed by atoms with Gasteiger partial charge in [-0.15, -0.1) is 0 Å². The van der Waals surface area contributed by atoms with Gasteiger partial charge in [0.05, 0.1) is 0 Å². The summed E-state index contributed by atoms with van der Waals surface area (Å²) in [5, 5.41) is 15.5. The highest BCUT2D eigenvalue weighted by atomic mass is 15.1. The smallest absolute Gasteiger partial charge is 0.0335 e. The summed E-state index contributed by atoms with van der Waals surface area (Å²) in [5.74, 6) is 0. The molecule has 4 heterocycles. The fourth-order valence-electron chi connectivity index (χ4n) is 9.99. The van der Waals surface area contributed by atoms with Crippen molar-refractivity contribution in [2.75, 3.05) is 65.4 Å². The van der Waals surface area contributed by atoms with Gasteiger partial charge in [-0.2, -0.15) is 0 Å². The number of benzene rings is 4. The van der Waals surface area contributed by atoms with Crippen LogP contribution in [0.5, 0.6) is 0 Å². The van der Waals surface area contributed by atoms with Gasteiger partial charge < -0.3 is 31.1 Å². The van der Waals surface area contributed by atoms with E-state index in [1.165, 1.54) is 96.1 Å². The number of nitrogens with zero attached hydrogens (tertiary/aromatic N) is 2. The zero-order chi connectivity index (χ0) is 36.4. The Kier molecular flexibility index (Phi) is 13.2. The molecule has 6 nitrogen and oxygen atoms in total. The number of rotatable bonds is 17. The molecule has 4 aromatic rings. The van der Waals surface area contributed by atoms with Crippen molar-refractivity contribution in [3.8, 4) is 0 Å². The van der Waals surface area contributed by atoms with E-state index < -0.39 is 0 Å². The number of fused-ring (bicyclic) bond motifs is 4. The van der Waals surface area contributed by atoms with Gasteiger partial charge in [0.25, 0.3) is 0 Å². The van der Waals surface area contributed by atoms with Crippen LogP contribution in [0.15, 0.2) is 97.1 Å². The van der Waals surface area contributed by atoms with Gasteiger partial charge in [-0.25, -0.2) is 0 Å². The quantitative estimate of drug-likeness (QED) is 0.0849. The molecule has 0 amide bonds. The molecule has 4 N–H and O–H groups in total. The molecule has 6 heteroatoms. The number of hydrogen-bond donors (Lipinski definition) is 4. The topological polar surface area (TPSA) is 54.6 Å². The molecule has 4 aromatic carbocycles. The Balaban J connectivity index is 0.903. The van der Waals surface area contributed by atoms with Crippen LogP contribution in [-0.4, -0.2) is 75.2 Å². The van der Waals surface area contributed by atoms with Gasteiger partial charge in [-0.05, 0) is 174 Å². The molecule has 0 aromatic heterocycles. The summed E-state index contributed by atoms with van der Waals surface area (Å²) < 4.78 is 0. The second-order valence-electron chi connectivity index (χ2n) is 16.4. The van der Waals surface area contributed by atoms with Crippen LogP contribution in [0, 0.1) is 0 Å². The van der Waals surface area contributed by atoms with Crippen LogP contribution in [0.1, 0.15) is 107 Å². The Labute approximate surface area is 325 Å². The molecule has 4 unspecified atom stereocenters. The molecule has 0 saturated carbocycles. The van der Waals surface area contributed by atoms with Gasteiger partial charge in [-0.3, -0.25) is 0 Å². The van der Waals surface area contributed by atoms with Crippen LogP contribution in [0.3, 0.4) is 0 Å². The number of hydrogen-bond acceptors (Lipinski definition) is 6. The van der Waals surface area contributed by atoms with Gasteiger partial charge in [0.2, 0.25) is 0 Å². The first-order chi connectivity index (χ1) is 26.8. The van der Waals surface area contributed by atoms with E-state index in [1.807, 2.05) is 0 Å². The molecular formula is C48H64N6. The molecule has 0 bridgehead atoms. The largest absolute Gasteiger partial charge is 0.310 e. The van der Waals surface area contributed by atoms with E-state index in [2.05, 4.69) is 128 Å². The van der Waals surface area contributed by atoms with Crippen LogP contribution >= 0.6 is 0 Å². The maximum absolute atomic E-state index is 3.87. The Bertz CT molecular complexity index is 1520. The molecule has 54 heavy (non-hydrogen) atoms. The summed E-state index contributed by atoms with van der Waals surface area (Å²) in [5.41, 5.74) is 12.2. The van der Waals surface area contributed by atoms with Crippen LogP contribution in [0.25, 0.3) is 0 Å². The monoisotopic (exact) mass is 725 g/mol. The molecule has 0 saturated heterocycles. The highest BCUT2D eigenvalue weighted by Gasteiger charge is 2.25. The minimum absolute atomic E-state index is 0.457. The summed E-state index contributed by atoms with van der Waals surface area (Å²) in [4.78, 5) is 5.60. The summed E-state index contributed by atoms with van der Waals surface area (Å²) >= 11 is 0. The Morgan fingerprint density at radius 1 is 0.352 bits per heavy atom. The van der Waals surface area contributed by atoms with Crippen LogP contribution in [0.4, 0.5) is 0 Å². The summed E-state index contributed by atoms with van der Waals surface area (Å²) in [6.07, 6.45) is 11.8. The average Bonchev–Trinajstić information content (AvgIpc) is 3.23. The van der Waals surface area contributed by atoms with Crippen LogP contribution < -0.4 is 21.3 Å². The Hall–Kier alpha value is -3.36.